The number of nitriles is 1. The van der Waals surface area contributed by atoms with Crippen LogP contribution in [0.25, 0.3) is 10.9 Å². The molecule has 0 radical (unpaired) electrons. The van der Waals surface area contributed by atoms with Crippen molar-refractivity contribution in [3.63, 3.8) is 0 Å². The number of amides is 1. The molecule has 1 aromatic carbocycles. The van der Waals surface area contributed by atoms with E-state index in [4.69, 9.17) is 0 Å². The van der Waals surface area contributed by atoms with E-state index in [0.29, 0.717) is 0 Å². The van der Waals surface area contributed by atoms with E-state index in [0.717, 1.165) is 48.0 Å². The van der Waals surface area contributed by atoms with Crippen LogP contribution in [0.15, 0.2) is 41.4 Å². The third kappa shape index (κ3) is 3.83. The van der Waals surface area contributed by atoms with Gasteiger partial charge in [-0.15, -0.1) is 0 Å². The Morgan fingerprint density at radius 3 is 2.78 bits per heavy atom. The van der Waals surface area contributed by atoms with Gasteiger partial charge in [0.15, 0.2) is 0 Å². The maximum atomic E-state index is 12.2. The Labute approximate surface area is 140 Å². The Bertz CT molecular complexity index is 747. The largest absolute Gasteiger partial charge is 0.337 e. The Balaban J connectivity index is 1.60. The summed E-state index contributed by atoms with van der Waals surface area (Å²) in [5, 5.41) is 14.3. The molecule has 1 heterocycles. The van der Waals surface area contributed by atoms with Gasteiger partial charge in [-0.05, 0) is 25.0 Å². The number of thioether (sulfide) groups is 1. The zero-order chi connectivity index (χ0) is 16.1. The van der Waals surface area contributed by atoms with Gasteiger partial charge in [0, 0.05) is 5.39 Å². The van der Waals surface area contributed by atoms with Gasteiger partial charge in [-0.1, -0.05) is 55.3 Å². The van der Waals surface area contributed by atoms with E-state index in [1.165, 1.54) is 11.8 Å². The third-order valence-electron chi connectivity index (χ3n) is 4.22. The minimum absolute atomic E-state index is 0.0894. The van der Waals surface area contributed by atoms with Gasteiger partial charge in [0.25, 0.3) is 0 Å². The first-order valence-electron chi connectivity index (χ1n) is 7.92. The lowest BCUT2D eigenvalue weighted by Crippen LogP contribution is -2.49. The fourth-order valence-electron chi connectivity index (χ4n) is 2.99. The molecule has 1 N–H and O–H groups in total. The van der Waals surface area contributed by atoms with Crippen LogP contribution < -0.4 is 5.32 Å². The predicted octanol–water partition coefficient (Wildman–Crippen LogP) is 3.67. The molecule has 1 aromatic heterocycles. The van der Waals surface area contributed by atoms with Crippen molar-refractivity contribution in [3.8, 4) is 6.07 Å². The van der Waals surface area contributed by atoms with Crippen LogP contribution in [-0.4, -0.2) is 22.2 Å². The molecule has 0 spiro atoms. The fourth-order valence-corrected chi connectivity index (χ4v) is 3.67. The lowest BCUT2D eigenvalue weighted by Gasteiger charge is -2.31. The van der Waals surface area contributed by atoms with Gasteiger partial charge in [-0.3, -0.25) is 4.79 Å². The van der Waals surface area contributed by atoms with E-state index in [2.05, 4.69) is 16.4 Å². The van der Waals surface area contributed by atoms with E-state index in [1.807, 2.05) is 36.4 Å². The van der Waals surface area contributed by atoms with Gasteiger partial charge in [-0.2, -0.15) is 5.26 Å². The van der Waals surface area contributed by atoms with Crippen molar-refractivity contribution in [2.75, 3.05) is 5.75 Å². The highest BCUT2D eigenvalue weighted by Crippen LogP contribution is 2.28. The maximum absolute atomic E-state index is 12.2. The molecule has 4 nitrogen and oxygen atoms in total. The Morgan fingerprint density at radius 1 is 1.22 bits per heavy atom. The summed E-state index contributed by atoms with van der Waals surface area (Å²) in [6.07, 6.45) is 4.68. The fraction of sp³-hybridized carbons (Fsp3) is 0.389. The van der Waals surface area contributed by atoms with E-state index in [9.17, 15) is 10.1 Å². The summed E-state index contributed by atoms with van der Waals surface area (Å²) in [6, 6.07) is 14.2. The molecule has 1 amide bonds. The molecule has 0 atom stereocenters. The van der Waals surface area contributed by atoms with Gasteiger partial charge in [0.1, 0.15) is 5.54 Å². The quantitative estimate of drug-likeness (QED) is 0.871. The Hall–Kier alpha value is -2.06. The van der Waals surface area contributed by atoms with E-state index >= 15 is 0 Å². The monoisotopic (exact) mass is 325 g/mol. The number of nitrogens with one attached hydrogen (secondary N) is 1. The number of fused-ring (bicyclic) bond motifs is 1. The molecule has 1 fully saturated rings. The van der Waals surface area contributed by atoms with Crippen LogP contribution in [0.3, 0.4) is 0 Å². The number of hydrogen-bond acceptors (Lipinski definition) is 4. The molecular weight excluding hydrogens is 306 g/mol. The number of hydrogen-bond donors (Lipinski definition) is 1. The Morgan fingerprint density at radius 2 is 2.00 bits per heavy atom. The van der Waals surface area contributed by atoms with Crippen LogP contribution >= 0.6 is 11.8 Å². The predicted molar refractivity (Wildman–Crippen MR) is 92.0 cm³/mol. The maximum Gasteiger partial charge on any atom is 0.231 e. The van der Waals surface area contributed by atoms with Crippen molar-refractivity contribution in [2.24, 2.45) is 0 Å². The highest BCUT2D eigenvalue weighted by atomic mass is 32.2. The summed E-state index contributed by atoms with van der Waals surface area (Å²) in [5.74, 6) is 0.197. The molecule has 23 heavy (non-hydrogen) atoms. The molecule has 3 rings (SSSR count). The van der Waals surface area contributed by atoms with Crippen LogP contribution in [0.5, 0.6) is 0 Å². The highest BCUT2D eigenvalue weighted by Gasteiger charge is 2.33. The molecule has 5 heteroatoms. The number of aromatic nitrogens is 1. The zero-order valence-corrected chi connectivity index (χ0v) is 13.7. The molecule has 1 saturated carbocycles. The second-order valence-corrected chi connectivity index (χ2v) is 6.93. The smallest absolute Gasteiger partial charge is 0.231 e. The molecule has 2 aromatic rings. The van der Waals surface area contributed by atoms with E-state index in [1.54, 1.807) is 0 Å². The first kappa shape index (κ1) is 15.8. The Kier molecular flexibility index (Phi) is 4.82. The average Bonchev–Trinajstić information content (AvgIpc) is 2.60. The zero-order valence-electron chi connectivity index (χ0n) is 12.9. The van der Waals surface area contributed by atoms with Crippen molar-refractivity contribution in [3.05, 3.63) is 36.4 Å². The van der Waals surface area contributed by atoms with Crippen molar-refractivity contribution < 1.29 is 4.79 Å². The van der Waals surface area contributed by atoms with Gasteiger partial charge in [-0.25, -0.2) is 4.98 Å². The van der Waals surface area contributed by atoms with Crippen molar-refractivity contribution in [1.29, 1.82) is 5.26 Å². The van der Waals surface area contributed by atoms with E-state index in [-0.39, 0.29) is 11.7 Å². The summed E-state index contributed by atoms with van der Waals surface area (Å²) < 4.78 is 0. The number of benzene rings is 1. The molecule has 0 bridgehead atoms. The molecule has 118 valence electrons. The molecule has 1 aliphatic carbocycles. The average molecular weight is 325 g/mol. The number of para-hydroxylation sites is 1. The first-order chi connectivity index (χ1) is 11.2. The van der Waals surface area contributed by atoms with Crippen molar-refractivity contribution in [1.82, 2.24) is 10.3 Å². The topological polar surface area (TPSA) is 65.8 Å². The minimum atomic E-state index is -0.660. The van der Waals surface area contributed by atoms with Crippen LogP contribution in [0.1, 0.15) is 32.1 Å². The third-order valence-corrected chi connectivity index (χ3v) is 5.15. The first-order valence-corrected chi connectivity index (χ1v) is 8.90. The van der Waals surface area contributed by atoms with Crippen molar-refractivity contribution in [2.45, 2.75) is 42.7 Å². The number of pyridine rings is 1. The molecule has 0 aliphatic heterocycles. The SMILES string of the molecule is N#CC1(NC(=O)CSc2ccc3ccccc3n2)CCCCC1. The summed E-state index contributed by atoms with van der Waals surface area (Å²) in [7, 11) is 0. The second kappa shape index (κ2) is 7.01. The summed E-state index contributed by atoms with van der Waals surface area (Å²) in [4.78, 5) is 16.8. The normalized spacial score (nSPS) is 16.7. The van der Waals surface area contributed by atoms with E-state index < -0.39 is 5.54 Å². The van der Waals surface area contributed by atoms with Gasteiger partial charge in [0.05, 0.1) is 22.4 Å². The summed E-state index contributed by atoms with van der Waals surface area (Å²) in [5.41, 5.74) is 0.269. The molecule has 0 unspecified atom stereocenters. The minimum Gasteiger partial charge on any atom is -0.337 e. The highest BCUT2D eigenvalue weighted by molar-refractivity contribution is 7.99. The second-order valence-electron chi connectivity index (χ2n) is 5.93. The van der Waals surface area contributed by atoms with Crippen LogP contribution in [0.4, 0.5) is 0 Å². The lowest BCUT2D eigenvalue weighted by molar-refractivity contribution is -0.120. The van der Waals surface area contributed by atoms with Crippen LogP contribution in [0, 0.1) is 11.3 Å². The van der Waals surface area contributed by atoms with Gasteiger partial charge in [0.2, 0.25) is 5.91 Å². The standard InChI is InChI=1S/C18H19N3OS/c19-13-18(10-4-1-5-11-18)21-16(22)12-23-17-9-8-14-6-2-3-7-15(14)20-17/h2-3,6-9H,1,4-5,10-12H2,(H,21,22). The number of carbonyl (C=O) groups is 1. The summed E-state index contributed by atoms with van der Waals surface area (Å²) in [6.45, 7) is 0. The van der Waals surface area contributed by atoms with Crippen LogP contribution in [-0.2, 0) is 4.79 Å². The van der Waals surface area contributed by atoms with Gasteiger partial charge < -0.3 is 5.32 Å². The van der Waals surface area contributed by atoms with Gasteiger partial charge >= 0.3 is 0 Å². The summed E-state index contributed by atoms with van der Waals surface area (Å²) >= 11 is 1.41. The van der Waals surface area contributed by atoms with Crippen molar-refractivity contribution >= 4 is 28.6 Å². The molecular formula is C18H19N3OS. The number of nitrogens with zero attached hydrogens (tertiary/aromatic N) is 2. The lowest BCUT2D eigenvalue weighted by atomic mass is 9.83. The molecule has 0 saturated heterocycles. The number of carbonyl (C=O) groups excluding carboxylic acids is 1. The number of rotatable bonds is 4. The van der Waals surface area contributed by atoms with Crippen LogP contribution in [0.2, 0.25) is 0 Å². The molecule has 1 aliphatic rings.